The molecule has 6 heterocycles. The number of rotatable bonds is 4. The standard InChI is InChI=1S/2C12H17N5O6/c2*13-12-15-10-7(11(22)16-12)14-3-17(10)6-1-4(19)8(20)9(21)5(2-18)23-6/h2*3-6,8-9,18-21H,1-2H2,(H3,13,15,16,22)/t2*4-,5+,6?,8+,9+/m00/s1. The molecule has 0 radical (unpaired) electrons. The van der Waals surface area contributed by atoms with Crippen molar-refractivity contribution >= 4 is 34.2 Å². The van der Waals surface area contributed by atoms with Gasteiger partial charge in [-0.2, -0.15) is 9.97 Å². The van der Waals surface area contributed by atoms with Crippen molar-refractivity contribution in [3.05, 3.63) is 33.4 Å². The summed E-state index contributed by atoms with van der Waals surface area (Å²) >= 11 is 0. The maximum atomic E-state index is 11.8. The van der Waals surface area contributed by atoms with Gasteiger partial charge in [-0.3, -0.25) is 28.7 Å². The summed E-state index contributed by atoms with van der Waals surface area (Å²) in [4.78, 5) is 44.0. The van der Waals surface area contributed by atoms with Gasteiger partial charge in [0.05, 0.1) is 38.1 Å². The largest absolute Gasteiger partial charge is 0.394 e. The minimum atomic E-state index is -1.48. The average molecular weight is 655 g/mol. The molecule has 2 aliphatic heterocycles. The van der Waals surface area contributed by atoms with E-state index in [0.29, 0.717) is 0 Å². The molecule has 2 saturated heterocycles. The Kier molecular flexibility index (Phi) is 9.64. The fraction of sp³-hybridized carbons (Fsp3) is 0.583. The van der Waals surface area contributed by atoms with E-state index in [1.807, 2.05) is 0 Å². The molecular formula is C24H34N10O12. The van der Waals surface area contributed by atoms with Crippen LogP contribution in [0.3, 0.4) is 0 Å². The molecule has 14 N–H and O–H groups in total. The molecule has 0 saturated carbocycles. The quantitative estimate of drug-likeness (QED) is 0.0974. The molecule has 2 aliphatic rings. The topological polar surface area (TPSA) is 359 Å². The van der Waals surface area contributed by atoms with E-state index in [0.717, 1.165) is 0 Å². The maximum absolute atomic E-state index is 11.8. The molecule has 0 aliphatic carbocycles. The highest BCUT2D eigenvalue weighted by Crippen LogP contribution is 2.30. The molecule has 22 heteroatoms. The third kappa shape index (κ3) is 6.30. The lowest BCUT2D eigenvalue weighted by molar-refractivity contribution is -0.130. The molecule has 22 nitrogen and oxygen atoms in total. The Balaban J connectivity index is 0.000000181. The lowest BCUT2D eigenvalue weighted by atomic mass is 10.0. The number of nitrogen functional groups attached to an aromatic ring is 2. The number of nitrogens with one attached hydrogen (secondary N) is 2. The Morgan fingerprint density at radius 1 is 0.696 bits per heavy atom. The second kappa shape index (κ2) is 13.3. The highest BCUT2D eigenvalue weighted by atomic mass is 16.5. The van der Waals surface area contributed by atoms with Crippen LogP contribution >= 0.6 is 0 Å². The van der Waals surface area contributed by atoms with Gasteiger partial charge in [0.25, 0.3) is 11.1 Å². The van der Waals surface area contributed by atoms with E-state index in [1.54, 1.807) is 0 Å². The molecule has 252 valence electrons. The van der Waals surface area contributed by atoms with Crippen LogP contribution in [0.15, 0.2) is 22.2 Å². The third-order valence-electron chi connectivity index (χ3n) is 7.68. The van der Waals surface area contributed by atoms with Crippen molar-refractivity contribution in [2.24, 2.45) is 0 Å². The van der Waals surface area contributed by atoms with Crippen LogP contribution in [0.2, 0.25) is 0 Å². The van der Waals surface area contributed by atoms with Crippen molar-refractivity contribution in [1.82, 2.24) is 39.0 Å². The third-order valence-corrected chi connectivity index (χ3v) is 7.68. The van der Waals surface area contributed by atoms with Gasteiger partial charge in [-0.05, 0) is 0 Å². The first-order chi connectivity index (χ1) is 21.8. The molecule has 4 aromatic heterocycles. The Morgan fingerprint density at radius 2 is 1.07 bits per heavy atom. The summed E-state index contributed by atoms with van der Waals surface area (Å²) in [6.45, 7) is -1.13. The number of hydrogen-bond donors (Lipinski definition) is 12. The first kappa shape index (κ1) is 33.3. The fourth-order valence-corrected chi connectivity index (χ4v) is 5.23. The predicted octanol–water partition coefficient (Wildman–Crippen LogP) is -5.87. The van der Waals surface area contributed by atoms with Crippen LogP contribution in [0.1, 0.15) is 25.3 Å². The second-order valence-electron chi connectivity index (χ2n) is 10.7. The number of aliphatic hydroxyl groups excluding tert-OH is 8. The molecule has 10 atom stereocenters. The minimum Gasteiger partial charge on any atom is -0.394 e. The summed E-state index contributed by atoms with van der Waals surface area (Å²) in [5, 5.41) is 78.0. The van der Waals surface area contributed by atoms with Gasteiger partial charge in [0, 0.05) is 12.8 Å². The van der Waals surface area contributed by atoms with Crippen LogP contribution in [0.25, 0.3) is 22.3 Å². The first-order valence-corrected chi connectivity index (χ1v) is 13.9. The maximum Gasteiger partial charge on any atom is 0.280 e. The molecular weight excluding hydrogens is 620 g/mol. The number of hydrogen-bond acceptors (Lipinski definition) is 18. The molecule has 4 aromatic rings. The number of imidazole rings is 2. The summed E-state index contributed by atoms with van der Waals surface area (Å²) < 4.78 is 13.8. The molecule has 2 fully saturated rings. The number of H-pyrrole nitrogens is 2. The van der Waals surface area contributed by atoms with E-state index in [1.165, 1.54) is 21.8 Å². The molecule has 0 aromatic carbocycles. The number of anilines is 2. The second-order valence-corrected chi connectivity index (χ2v) is 10.7. The zero-order valence-corrected chi connectivity index (χ0v) is 23.8. The fourth-order valence-electron chi connectivity index (χ4n) is 5.23. The Labute approximate surface area is 256 Å². The summed E-state index contributed by atoms with van der Waals surface area (Å²) in [5.74, 6) is -0.227. The van der Waals surface area contributed by atoms with Gasteiger partial charge in [-0.15, -0.1) is 0 Å². The van der Waals surface area contributed by atoms with Crippen molar-refractivity contribution in [2.75, 3.05) is 24.7 Å². The van der Waals surface area contributed by atoms with E-state index in [4.69, 9.17) is 20.9 Å². The molecule has 0 amide bonds. The summed E-state index contributed by atoms with van der Waals surface area (Å²) in [6, 6.07) is 0. The highest BCUT2D eigenvalue weighted by Gasteiger charge is 2.41. The molecule has 0 spiro atoms. The van der Waals surface area contributed by atoms with Crippen LogP contribution in [0, 0.1) is 0 Å². The van der Waals surface area contributed by atoms with Gasteiger partial charge >= 0.3 is 0 Å². The SMILES string of the molecule is Nc1nc2c(ncn2C2C[C@H](O)[C@@H](O)[C@H](O)[C@@H](CO)O2)c(=O)[nH]1.Nc1nc2c(ncn2C2C[C@H](O)[C@@H](O)[C@H](O)[C@@H](CO)O2)c(=O)[nH]1. The van der Waals surface area contributed by atoms with Crippen molar-refractivity contribution < 1.29 is 50.3 Å². The molecule has 2 unspecified atom stereocenters. The first-order valence-electron chi connectivity index (χ1n) is 13.9. The molecule has 0 bridgehead atoms. The minimum absolute atomic E-state index is 0.0307. The van der Waals surface area contributed by atoms with E-state index < -0.39 is 85.6 Å². The van der Waals surface area contributed by atoms with Gasteiger partial charge in [0.2, 0.25) is 11.9 Å². The smallest absolute Gasteiger partial charge is 0.280 e. The van der Waals surface area contributed by atoms with Crippen LogP contribution in [0.4, 0.5) is 11.9 Å². The number of ether oxygens (including phenoxy) is 2. The normalized spacial score (nSPS) is 32.1. The van der Waals surface area contributed by atoms with E-state index in [2.05, 4.69) is 29.9 Å². The number of fused-ring (bicyclic) bond motifs is 2. The van der Waals surface area contributed by atoms with Crippen LogP contribution in [-0.2, 0) is 9.47 Å². The Morgan fingerprint density at radius 3 is 1.41 bits per heavy atom. The van der Waals surface area contributed by atoms with Crippen LogP contribution < -0.4 is 22.6 Å². The molecule has 46 heavy (non-hydrogen) atoms. The van der Waals surface area contributed by atoms with Crippen molar-refractivity contribution in [3.63, 3.8) is 0 Å². The zero-order valence-electron chi connectivity index (χ0n) is 23.8. The van der Waals surface area contributed by atoms with Gasteiger partial charge < -0.3 is 61.8 Å². The number of aromatic amines is 2. The van der Waals surface area contributed by atoms with E-state index in [-0.39, 0.29) is 47.1 Å². The number of nitrogens with zero attached hydrogens (tertiary/aromatic N) is 6. The monoisotopic (exact) mass is 654 g/mol. The number of aliphatic hydroxyl groups is 8. The van der Waals surface area contributed by atoms with Crippen molar-refractivity contribution in [2.45, 2.75) is 74.1 Å². The summed E-state index contributed by atoms with van der Waals surface area (Å²) in [6.07, 6.45) is -10.2. The molecule has 6 rings (SSSR count). The van der Waals surface area contributed by atoms with Gasteiger partial charge in [0.1, 0.15) is 49.1 Å². The van der Waals surface area contributed by atoms with Gasteiger partial charge in [0.15, 0.2) is 22.3 Å². The number of aromatic nitrogens is 8. The van der Waals surface area contributed by atoms with Crippen LogP contribution in [-0.4, -0.2) is 142 Å². The van der Waals surface area contributed by atoms with Crippen molar-refractivity contribution in [3.8, 4) is 0 Å². The van der Waals surface area contributed by atoms with Gasteiger partial charge in [-0.1, -0.05) is 0 Å². The summed E-state index contributed by atoms with van der Waals surface area (Å²) in [7, 11) is 0. The van der Waals surface area contributed by atoms with Crippen LogP contribution in [0.5, 0.6) is 0 Å². The van der Waals surface area contributed by atoms with E-state index in [9.17, 15) is 50.4 Å². The Hall–Kier alpha value is -4.10. The van der Waals surface area contributed by atoms with E-state index >= 15 is 0 Å². The predicted molar refractivity (Wildman–Crippen MR) is 152 cm³/mol. The Bertz CT molecular complexity index is 1650. The lowest BCUT2D eigenvalue weighted by Crippen LogP contribution is -2.44. The zero-order chi connectivity index (χ0) is 33.4. The number of nitrogens with two attached hydrogens (primary N) is 2. The lowest BCUT2D eigenvalue weighted by Gasteiger charge is -2.24. The van der Waals surface area contributed by atoms with Crippen molar-refractivity contribution in [1.29, 1.82) is 0 Å². The highest BCUT2D eigenvalue weighted by molar-refractivity contribution is 5.71. The summed E-state index contributed by atoms with van der Waals surface area (Å²) in [5.41, 5.74) is 10.3. The average Bonchev–Trinajstić information content (AvgIpc) is 3.59. The van der Waals surface area contributed by atoms with Gasteiger partial charge in [-0.25, -0.2) is 9.97 Å².